The smallest absolute Gasteiger partial charge is 0.253 e. The molecule has 104 valence electrons. The van der Waals surface area contributed by atoms with E-state index in [1.807, 2.05) is 17.8 Å². The molecule has 1 heterocycles. The highest BCUT2D eigenvalue weighted by Crippen LogP contribution is 2.27. The Morgan fingerprint density at radius 1 is 1.47 bits per heavy atom. The second kappa shape index (κ2) is 6.53. The van der Waals surface area contributed by atoms with E-state index in [0.717, 1.165) is 17.9 Å². The Balaban J connectivity index is 2.14. The van der Waals surface area contributed by atoms with Crippen molar-refractivity contribution in [3.8, 4) is 0 Å². The number of thioether (sulfide) groups is 1. The lowest BCUT2D eigenvalue weighted by atomic mass is 10.1. The number of carbonyl (C=O) groups is 1. The van der Waals surface area contributed by atoms with Gasteiger partial charge in [-0.25, -0.2) is 0 Å². The number of anilines is 1. The van der Waals surface area contributed by atoms with Crippen LogP contribution in [0.15, 0.2) is 18.2 Å². The van der Waals surface area contributed by atoms with Crippen molar-refractivity contribution in [1.82, 2.24) is 4.90 Å². The first-order chi connectivity index (χ1) is 9.08. The van der Waals surface area contributed by atoms with Crippen LogP contribution in [0, 0.1) is 0 Å². The fraction of sp³-hybridized carbons (Fsp3) is 0.500. The van der Waals surface area contributed by atoms with Gasteiger partial charge < -0.3 is 10.2 Å². The lowest BCUT2D eigenvalue weighted by Gasteiger charge is -2.24. The van der Waals surface area contributed by atoms with Gasteiger partial charge in [-0.2, -0.15) is 11.8 Å². The third-order valence-corrected chi connectivity index (χ3v) is 4.68. The minimum atomic E-state index is -0.00210. The molecule has 1 aromatic rings. The summed E-state index contributed by atoms with van der Waals surface area (Å²) in [5.74, 6) is 2.34. The number of hydrogen-bond donors (Lipinski definition) is 1. The molecule has 1 atom stereocenters. The molecule has 0 bridgehead atoms. The van der Waals surface area contributed by atoms with Gasteiger partial charge in [0, 0.05) is 31.5 Å². The minimum Gasteiger partial charge on any atom is -0.380 e. The molecule has 2 rings (SSSR count). The third kappa shape index (κ3) is 3.80. The second-order valence-corrected chi connectivity index (χ2v) is 6.51. The second-order valence-electron chi connectivity index (χ2n) is 4.95. The molecule has 0 aromatic heterocycles. The van der Waals surface area contributed by atoms with E-state index in [1.54, 1.807) is 31.1 Å². The first kappa shape index (κ1) is 14.5. The highest BCUT2D eigenvalue weighted by atomic mass is 35.5. The van der Waals surface area contributed by atoms with E-state index in [-0.39, 0.29) is 5.91 Å². The fourth-order valence-electron chi connectivity index (χ4n) is 2.10. The molecule has 1 aliphatic rings. The summed E-state index contributed by atoms with van der Waals surface area (Å²) in [7, 11) is 3.50. The molecule has 0 saturated carbocycles. The maximum atomic E-state index is 12.0. The van der Waals surface area contributed by atoms with Crippen LogP contribution in [0.25, 0.3) is 0 Å². The van der Waals surface area contributed by atoms with Crippen LogP contribution in [0.5, 0.6) is 0 Å². The van der Waals surface area contributed by atoms with Crippen molar-refractivity contribution in [3.63, 3.8) is 0 Å². The summed E-state index contributed by atoms with van der Waals surface area (Å²) in [6.45, 7) is 0. The Morgan fingerprint density at radius 2 is 2.26 bits per heavy atom. The summed E-state index contributed by atoms with van der Waals surface area (Å²) in [5.41, 5.74) is 1.53. The van der Waals surface area contributed by atoms with Crippen LogP contribution in [0.3, 0.4) is 0 Å². The average Bonchev–Trinajstić information content (AvgIpc) is 2.41. The average molecular weight is 299 g/mol. The summed E-state index contributed by atoms with van der Waals surface area (Å²) in [4.78, 5) is 13.5. The number of hydrogen-bond acceptors (Lipinski definition) is 3. The number of halogens is 1. The quantitative estimate of drug-likeness (QED) is 0.929. The number of rotatable bonds is 3. The largest absolute Gasteiger partial charge is 0.380 e. The molecule has 1 aliphatic heterocycles. The zero-order valence-electron chi connectivity index (χ0n) is 11.3. The van der Waals surface area contributed by atoms with Crippen LogP contribution in [0.4, 0.5) is 5.69 Å². The van der Waals surface area contributed by atoms with Gasteiger partial charge in [0.25, 0.3) is 5.91 Å². The van der Waals surface area contributed by atoms with Gasteiger partial charge in [0.1, 0.15) is 0 Å². The first-order valence-electron chi connectivity index (χ1n) is 6.43. The van der Waals surface area contributed by atoms with E-state index in [9.17, 15) is 4.79 Å². The number of benzene rings is 1. The topological polar surface area (TPSA) is 32.3 Å². The van der Waals surface area contributed by atoms with Gasteiger partial charge in [0.15, 0.2) is 0 Å². The minimum absolute atomic E-state index is 0.00210. The van der Waals surface area contributed by atoms with Crippen molar-refractivity contribution in [3.05, 3.63) is 28.8 Å². The molecule has 1 aromatic carbocycles. The number of amides is 1. The van der Waals surface area contributed by atoms with Crippen LogP contribution in [-0.2, 0) is 0 Å². The standard InChI is InChI=1S/C14H19ClN2OS/c1-17(2)14(18)10-5-6-12(15)13(8-10)16-11-4-3-7-19-9-11/h5-6,8,11,16H,3-4,7,9H2,1-2H3. The molecule has 0 aliphatic carbocycles. The maximum absolute atomic E-state index is 12.0. The lowest BCUT2D eigenvalue weighted by molar-refractivity contribution is 0.0827. The van der Waals surface area contributed by atoms with Gasteiger partial charge in [0.2, 0.25) is 0 Å². The Hall–Kier alpha value is -0.870. The predicted octanol–water partition coefficient (Wildman–Crippen LogP) is 3.35. The zero-order chi connectivity index (χ0) is 13.8. The highest BCUT2D eigenvalue weighted by molar-refractivity contribution is 7.99. The molecule has 1 unspecified atom stereocenters. The number of nitrogens with one attached hydrogen (secondary N) is 1. The molecule has 3 nitrogen and oxygen atoms in total. The van der Waals surface area contributed by atoms with Crippen LogP contribution in [0.1, 0.15) is 23.2 Å². The van der Waals surface area contributed by atoms with Crippen molar-refractivity contribution in [1.29, 1.82) is 0 Å². The fourth-order valence-corrected chi connectivity index (χ4v) is 3.35. The highest BCUT2D eigenvalue weighted by Gasteiger charge is 2.16. The van der Waals surface area contributed by atoms with Gasteiger partial charge in [-0.05, 0) is 36.8 Å². The zero-order valence-corrected chi connectivity index (χ0v) is 12.9. The molecule has 19 heavy (non-hydrogen) atoms. The molecule has 1 saturated heterocycles. The predicted molar refractivity (Wildman–Crippen MR) is 83.4 cm³/mol. The van der Waals surface area contributed by atoms with E-state index in [0.29, 0.717) is 16.6 Å². The van der Waals surface area contributed by atoms with Crippen LogP contribution >= 0.6 is 23.4 Å². The molecule has 1 N–H and O–H groups in total. The Morgan fingerprint density at radius 3 is 2.89 bits per heavy atom. The van der Waals surface area contributed by atoms with Gasteiger partial charge in [-0.1, -0.05) is 11.6 Å². The molecule has 0 radical (unpaired) electrons. The van der Waals surface area contributed by atoms with Crippen molar-refractivity contribution in [2.75, 3.05) is 30.9 Å². The third-order valence-electron chi connectivity index (χ3n) is 3.14. The molecule has 5 heteroatoms. The van der Waals surface area contributed by atoms with E-state index in [4.69, 9.17) is 11.6 Å². The maximum Gasteiger partial charge on any atom is 0.253 e. The van der Waals surface area contributed by atoms with Gasteiger partial charge in [-0.15, -0.1) is 0 Å². The van der Waals surface area contributed by atoms with Gasteiger partial charge in [0.05, 0.1) is 10.7 Å². The van der Waals surface area contributed by atoms with E-state index in [1.165, 1.54) is 12.2 Å². The van der Waals surface area contributed by atoms with Gasteiger partial charge >= 0.3 is 0 Å². The molecule has 0 spiro atoms. The normalized spacial score (nSPS) is 19.0. The Kier molecular flexibility index (Phi) is 4.99. The van der Waals surface area contributed by atoms with Crippen molar-refractivity contribution < 1.29 is 4.79 Å². The summed E-state index contributed by atoms with van der Waals surface area (Å²) in [5, 5.41) is 4.13. The SMILES string of the molecule is CN(C)C(=O)c1ccc(Cl)c(NC2CCCSC2)c1. The summed E-state index contributed by atoms with van der Waals surface area (Å²) in [6.07, 6.45) is 2.39. The Bertz CT molecular complexity index is 459. The van der Waals surface area contributed by atoms with E-state index >= 15 is 0 Å². The van der Waals surface area contributed by atoms with Crippen LogP contribution in [0.2, 0.25) is 5.02 Å². The number of carbonyl (C=O) groups excluding carboxylic acids is 1. The first-order valence-corrected chi connectivity index (χ1v) is 7.96. The van der Waals surface area contributed by atoms with E-state index < -0.39 is 0 Å². The monoisotopic (exact) mass is 298 g/mol. The number of nitrogens with zero attached hydrogens (tertiary/aromatic N) is 1. The van der Waals surface area contributed by atoms with Gasteiger partial charge in [-0.3, -0.25) is 4.79 Å². The van der Waals surface area contributed by atoms with Crippen molar-refractivity contribution >= 4 is 35.0 Å². The Labute approximate surface area is 123 Å². The molecule has 1 fully saturated rings. The molecule has 1 amide bonds. The summed E-state index contributed by atoms with van der Waals surface area (Å²) in [6, 6.07) is 5.85. The lowest BCUT2D eigenvalue weighted by Crippen LogP contribution is -2.26. The van der Waals surface area contributed by atoms with Crippen molar-refractivity contribution in [2.24, 2.45) is 0 Å². The summed E-state index contributed by atoms with van der Waals surface area (Å²) < 4.78 is 0. The summed E-state index contributed by atoms with van der Waals surface area (Å²) >= 11 is 8.17. The van der Waals surface area contributed by atoms with Crippen LogP contribution in [-0.4, -0.2) is 42.4 Å². The van der Waals surface area contributed by atoms with Crippen molar-refractivity contribution in [2.45, 2.75) is 18.9 Å². The molecular formula is C14H19ClN2OS. The van der Waals surface area contributed by atoms with Crippen LogP contribution < -0.4 is 5.32 Å². The van der Waals surface area contributed by atoms with E-state index in [2.05, 4.69) is 5.32 Å². The molecular weight excluding hydrogens is 280 g/mol.